The molecule has 1 saturated heterocycles. The first-order valence-corrected chi connectivity index (χ1v) is 10.3. The van der Waals surface area contributed by atoms with E-state index >= 15 is 0 Å². The molecule has 2 aromatic heterocycles. The van der Waals surface area contributed by atoms with Gasteiger partial charge in [0.1, 0.15) is 5.82 Å². The van der Waals surface area contributed by atoms with Crippen LogP contribution in [0.2, 0.25) is 5.02 Å². The number of nitrogens with zero attached hydrogens (tertiary/aromatic N) is 5. The van der Waals surface area contributed by atoms with Crippen molar-refractivity contribution in [2.45, 2.75) is 13.3 Å². The zero-order chi connectivity index (χ0) is 20.9. The summed E-state index contributed by atoms with van der Waals surface area (Å²) in [6.45, 7) is 4.79. The average Bonchev–Trinajstić information content (AvgIpc) is 2.77. The summed E-state index contributed by atoms with van der Waals surface area (Å²) in [5, 5.41) is 12.4. The first-order chi connectivity index (χ1) is 14.6. The third kappa shape index (κ3) is 5.04. The lowest BCUT2D eigenvalue weighted by Crippen LogP contribution is -2.49. The first kappa shape index (κ1) is 20.1. The van der Waals surface area contributed by atoms with Gasteiger partial charge in [0, 0.05) is 37.4 Å². The Morgan fingerprint density at radius 2 is 1.70 bits per heavy atom. The lowest BCUT2D eigenvalue weighted by molar-refractivity contribution is -0.130. The number of rotatable bonds is 5. The molecule has 0 bridgehead atoms. The Labute approximate surface area is 180 Å². The second kappa shape index (κ2) is 9.09. The molecular formula is C22H23ClN6O. The number of halogens is 1. The summed E-state index contributed by atoms with van der Waals surface area (Å²) in [5.41, 5.74) is 2.08. The Balaban J connectivity index is 1.29. The first-order valence-electron chi connectivity index (χ1n) is 9.87. The number of amides is 1. The van der Waals surface area contributed by atoms with Crippen molar-refractivity contribution < 1.29 is 4.79 Å². The van der Waals surface area contributed by atoms with Crippen LogP contribution in [0.1, 0.15) is 11.1 Å². The number of aryl methyl sites for hydroxylation is 1. The highest BCUT2D eigenvalue weighted by atomic mass is 35.5. The lowest BCUT2D eigenvalue weighted by atomic mass is 10.1. The molecule has 0 saturated carbocycles. The predicted octanol–water partition coefficient (Wildman–Crippen LogP) is 3.47. The summed E-state index contributed by atoms with van der Waals surface area (Å²) in [4.78, 5) is 20.9. The number of hydrogen-bond donors (Lipinski definition) is 1. The summed E-state index contributed by atoms with van der Waals surface area (Å²) in [7, 11) is 0. The molecule has 3 heterocycles. The van der Waals surface area contributed by atoms with Gasteiger partial charge in [0.15, 0.2) is 11.6 Å². The highest BCUT2D eigenvalue weighted by Crippen LogP contribution is 2.17. The van der Waals surface area contributed by atoms with E-state index in [0.29, 0.717) is 30.4 Å². The molecule has 1 aromatic carbocycles. The maximum Gasteiger partial charge on any atom is 0.227 e. The Morgan fingerprint density at radius 1 is 0.967 bits per heavy atom. The molecule has 7 nitrogen and oxygen atoms in total. The number of benzene rings is 1. The maximum atomic E-state index is 12.6. The van der Waals surface area contributed by atoms with Gasteiger partial charge in [-0.05, 0) is 48.4 Å². The predicted molar refractivity (Wildman–Crippen MR) is 118 cm³/mol. The minimum atomic E-state index is 0.133. The van der Waals surface area contributed by atoms with E-state index in [9.17, 15) is 4.79 Å². The van der Waals surface area contributed by atoms with Crippen molar-refractivity contribution in [1.29, 1.82) is 0 Å². The molecule has 0 spiro atoms. The highest BCUT2D eigenvalue weighted by molar-refractivity contribution is 6.30. The second-order valence-electron chi connectivity index (χ2n) is 7.29. The molecule has 0 aliphatic carbocycles. The van der Waals surface area contributed by atoms with Gasteiger partial charge in [0.25, 0.3) is 0 Å². The molecule has 0 unspecified atom stereocenters. The smallest absolute Gasteiger partial charge is 0.227 e. The SMILES string of the molecule is Cc1ccc(Nc2ccc(N3CCN(C(=O)Cc4ccc(Cl)cc4)CC3)nn2)nc1. The van der Waals surface area contributed by atoms with E-state index in [2.05, 4.69) is 25.4 Å². The third-order valence-electron chi connectivity index (χ3n) is 5.04. The van der Waals surface area contributed by atoms with Gasteiger partial charge in [0.2, 0.25) is 5.91 Å². The number of hydrogen-bond acceptors (Lipinski definition) is 6. The van der Waals surface area contributed by atoms with Crippen LogP contribution in [0.15, 0.2) is 54.7 Å². The molecule has 3 aromatic rings. The standard InChI is InChI=1S/C22H23ClN6O/c1-16-2-7-19(24-15-16)25-20-8-9-21(27-26-20)28-10-12-29(13-11-28)22(30)14-17-3-5-18(23)6-4-17/h2-9,15H,10-14H2,1H3,(H,24,25,26). The molecule has 1 aliphatic rings. The van der Waals surface area contributed by atoms with E-state index in [0.717, 1.165) is 35.9 Å². The largest absolute Gasteiger partial charge is 0.352 e. The van der Waals surface area contributed by atoms with Crippen LogP contribution in [0.4, 0.5) is 17.5 Å². The zero-order valence-corrected chi connectivity index (χ0v) is 17.5. The lowest BCUT2D eigenvalue weighted by Gasteiger charge is -2.35. The quantitative estimate of drug-likeness (QED) is 0.678. The summed E-state index contributed by atoms with van der Waals surface area (Å²) in [6.07, 6.45) is 2.20. The van der Waals surface area contributed by atoms with Crippen molar-refractivity contribution in [2.75, 3.05) is 36.4 Å². The van der Waals surface area contributed by atoms with E-state index < -0.39 is 0 Å². The number of anilines is 3. The molecule has 4 rings (SSSR count). The average molecular weight is 423 g/mol. The summed E-state index contributed by atoms with van der Waals surface area (Å²) < 4.78 is 0. The molecule has 1 amide bonds. The molecule has 8 heteroatoms. The van der Waals surface area contributed by atoms with Crippen molar-refractivity contribution in [3.05, 3.63) is 70.9 Å². The third-order valence-corrected chi connectivity index (χ3v) is 5.29. The van der Waals surface area contributed by atoms with Crippen LogP contribution < -0.4 is 10.2 Å². The van der Waals surface area contributed by atoms with Crippen molar-refractivity contribution in [3.63, 3.8) is 0 Å². The van der Waals surface area contributed by atoms with Crippen LogP contribution in [0, 0.1) is 6.92 Å². The van der Waals surface area contributed by atoms with Gasteiger partial charge in [-0.2, -0.15) is 0 Å². The Bertz CT molecular complexity index is 984. The summed E-state index contributed by atoms with van der Waals surface area (Å²) in [6, 6.07) is 15.1. The van der Waals surface area contributed by atoms with Gasteiger partial charge >= 0.3 is 0 Å². The fraction of sp³-hybridized carbons (Fsp3) is 0.273. The zero-order valence-electron chi connectivity index (χ0n) is 16.8. The normalized spacial score (nSPS) is 13.9. The number of carbonyl (C=O) groups excluding carboxylic acids is 1. The van der Waals surface area contributed by atoms with E-state index in [1.54, 1.807) is 6.20 Å². The van der Waals surface area contributed by atoms with Crippen molar-refractivity contribution in [1.82, 2.24) is 20.1 Å². The Hall–Kier alpha value is -3.19. The van der Waals surface area contributed by atoms with Crippen LogP contribution in [0.3, 0.4) is 0 Å². The fourth-order valence-electron chi connectivity index (χ4n) is 3.31. The number of pyridine rings is 1. The van der Waals surface area contributed by atoms with Crippen LogP contribution >= 0.6 is 11.6 Å². The highest BCUT2D eigenvalue weighted by Gasteiger charge is 2.22. The molecule has 1 aliphatic heterocycles. The number of piperazine rings is 1. The van der Waals surface area contributed by atoms with E-state index in [-0.39, 0.29) is 5.91 Å². The van der Waals surface area contributed by atoms with E-state index in [1.807, 2.05) is 60.4 Å². The van der Waals surface area contributed by atoms with Gasteiger partial charge in [-0.15, -0.1) is 10.2 Å². The molecule has 0 atom stereocenters. The maximum absolute atomic E-state index is 12.6. The van der Waals surface area contributed by atoms with E-state index in [1.165, 1.54) is 0 Å². The van der Waals surface area contributed by atoms with Crippen LogP contribution in [0.5, 0.6) is 0 Å². The van der Waals surface area contributed by atoms with Crippen molar-refractivity contribution in [2.24, 2.45) is 0 Å². The second-order valence-corrected chi connectivity index (χ2v) is 7.73. The van der Waals surface area contributed by atoms with Gasteiger partial charge < -0.3 is 15.1 Å². The Morgan fingerprint density at radius 3 is 2.33 bits per heavy atom. The van der Waals surface area contributed by atoms with Gasteiger partial charge in [-0.1, -0.05) is 29.8 Å². The molecule has 30 heavy (non-hydrogen) atoms. The van der Waals surface area contributed by atoms with Gasteiger partial charge in [0.05, 0.1) is 6.42 Å². The molecule has 0 radical (unpaired) electrons. The minimum absolute atomic E-state index is 0.133. The molecular weight excluding hydrogens is 400 g/mol. The monoisotopic (exact) mass is 422 g/mol. The summed E-state index contributed by atoms with van der Waals surface area (Å²) >= 11 is 5.91. The van der Waals surface area contributed by atoms with Crippen LogP contribution in [0.25, 0.3) is 0 Å². The molecule has 154 valence electrons. The van der Waals surface area contributed by atoms with Crippen LogP contribution in [-0.4, -0.2) is 52.2 Å². The number of nitrogens with one attached hydrogen (secondary N) is 1. The summed E-state index contributed by atoms with van der Waals surface area (Å²) in [5.74, 6) is 2.32. The fourth-order valence-corrected chi connectivity index (χ4v) is 3.43. The topological polar surface area (TPSA) is 74.2 Å². The Kier molecular flexibility index (Phi) is 6.09. The van der Waals surface area contributed by atoms with Crippen LogP contribution in [-0.2, 0) is 11.2 Å². The molecule has 1 fully saturated rings. The molecule has 1 N–H and O–H groups in total. The number of aromatic nitrogens is 3. The van der Waals surface area contributed by atoms with Gasteiger partial charge in [-0.3, -0.25) is 4.79 Å². The van der Waals surface area contributed by atoms with Gasteiger partial charge in [-0.25, -0.2) is 4.98 Å². The number of carbonyl (C=O) groups is 1. The minimum Gasteiger partial charge on any atom is -0.352 e. The van der Waals surface area contributed by atoms with E-state index in [4.69, 9.17) is 11.6 Å². The van der Waals surface area contributed by atoms with Crippen molar-refractivity contribution >= 4 is 35.0 Å². The van der Waals surface area contributed by atoms with Crippen molar-refractivity contribution in [3.8, 4) is 0 Å².